The fourth-order valence-corrected chi connectivity index (χ4v) is 2.75. The first kappa shape index (κ1) is 12.2. The maximum atomic E-state index is 5.97. The monoisotopic (exact) mass is 246 g/mol. The average Bonchev–Trinajstić information content (AvgIpc) is 2.33. The molecular weight excluding hydrogens is 228 g/mol. The SMILES string of the molecule is CC(C)C(C)Sc1ccc(N)c2cnccc12. The normalized spacial score (nSPS) is 13.2. The van der Waals surface area contributed by atoms with E-state index in [1.165, 1.54) is 10.3 Å². The third-order valence-electron chi connectivity index (χ3n) is 3.06. The van der Waals surface area contributed by atoms with E-state index < -0.39 is 0 Å². The summed E-state index contributed by atoms with van der Waals surface area (Å²) in [6, 6.07) is 6.13. The van der Waals surface area contributed by atoms with Crippen molar-refractivity contribution in [3.05, 3.63) is 30.6 Å². The molecule has 1 atom stereocenters. The van der Waals surface area contributed by atoms with Crippen molar-refractivity contribution < 1.29 is 0 Å². The van der Waals surface area contributed by atoms with E-state index in [4.69, 9.17) is 5.73 Å². The van der Waals surface area contributed by atoms with Crippen molar-refractivity contribution in [2.24, 2.45) is 5.92 Å². The van der Waals surface area contributed by atoms with Crippen LogP contribution >= 0.6 is 11.8 Å². The van der Waals surface area contributed by atoms with Crippen LogP contribution in [0.15, 0.2) is 35.5 Å². The van der Waals surface area contributed by atoms with E-state index in [0.29, 0.717) is 11.2 Å². The molecule has 1 unspecified atom stereocenters. The molecule has 0 spiro atoms. The van der Waals surface area contributed by atoms with Crippen molar-refractivity contribution >= 4 is 28.2 Å². The van der Waals surface area contributed by atoms with Crippen molar-refractivity contribution in [3.8, 4) is 0 Å². The molecule has 1 heterocycles. The number of nitrogen functional groups attached to an aromatic ring is 1. The summed E-state index contributed by atoms with van der Waals surface area (Å²) in [4.78, 5) is 5.43. The average molecular weight is 246 g/mol. The topological polar surface area (TPSA) is 38.9 Å². The number of hydrogen-bond donors (Lipinski definition) is 1. The molecule has 0 amide bonds. The first-order valence-electron chi connectivity index (χ1n) is 5.88. The Hall–Kier alpha value is -1.22. The fraction of sp³-hybridized carbons (Fsp3) is 0.357. The van der Waals surface area contributed by atoms with Gasteiger partial charge in [0.05, 0.1) is 0 Å². The molecule has 0 bridgehead atoms. The predicted molar refractivity (Wildman–Crippen MR) is 76.3 cm³/mol. The highest BCUT2D eigenvalue weighted by atomic mass is 32.2. The molecule has 0 aliphatic heterocycles. The summed E-state index contributed by atoms with van der Waals surface area (Å²) >= 11 is 1.91. The summed E-state index contributed by atoms with van der Waals surface area (Å²) in [6.07, 6.45) is 3.67. The molecule has 0 aliphatic carbocycles. The fourth-order valence-electron chi connectivity index (χ4n) is 1.62. The second-order valence-electron chi connectivity index (χ2n) is 4.64. The lowest BCUT2D eigenvalue weighted by molar-refractivity contribution is 0.642. The maximum Gasteiger partial charge on any atom is 0.0410 e. The van der Waals surface area contributed by atoms with Crippen LogP contribution in [0.1, 0.15) is 20.8 Å². The number of nitrogens with two attached hydrogens (primary N) is 1. The Kier molecular flexibility index (Phi) is 3.57. The Bertz CT molecular complexity index is 523. The van der Waals surface area contributed by atoms with Crippen LogP contribution in [0.25, 0.3) is 10.8 Å². The van der Waals surface area contributed by atoms with E-state index in [1.807, 2.05) is 36.3 Å². The van der Waals surface area contributed by atoms with E-state index in [-0.39, 0.29) is 0 Å². The molecule has 1 aromatic carbocycles. The molecule has 2 rings (SSSR count). The second kappa shape index (κ2) is 4.96. The van der Waals surface area contributed by atoms with Gasteiger partial charge in [0, 0.05) is 39.0 Å². The lowest BCUT2D eigenvalue weighted by Gasteiger charge is -2.16. The maximum absolute atomic E-state index is 5.97. The highest BCUT2D eigenvalue weighted by Gasteiger charge is 2.11. The number of rotatable bonds is 3. The van der Waals surface area contributed by atoms with Gasteiger partial charge < -0.3 is 5.73 Å². The van der Waals surface area contributed by atoms with Gasteiger partial charge in [-0.2, -0.15) is 0 Å². The zero-order valence-corrected chi connectivity index (χ0v) is 11.3. The lowest BCUT2D eigenvalue weighted by atomic mass is 10.1. The molecule has 0 aliphatic rings. The van der Waals surface area contributed by atoms with Gasteiger partial charge in [0.25, 0.3) is 0 Å². The third kappa shape index (κ3) is 2.55. The zero-order valence-electron chi connectivity index (χ0n) is 10.5. The number of anilines is 1. The van der Waals surface area contributed by atoms with Crippen LogP contribution in [-0.2, 0) is 0 Å². The molecular formula is C14H18N2S. The Morgan fingerprint density at radius 1 is 1.12 bits per heavy atom. The number of pyridine rings is 1. The van der Waals surface area contributed by atoms with Gasteiger partial charge in [-0.1, -0.05) is 20.8 Å². The number of nitrogens with zero attached hydrogens (tertiary/aromatic N) is 1. The van der Waals surface area contributed by atoms with Crippen molar-refractivity contribution in [2.75, 3.05) is 5.73 Å². The zero-order chi connectivity index (χ0) is 12.4. The number of fused-ring (bicyclic) bond motifs is 1. The minimum atomic E-state index is 0.593. The van der Waals surface area contributed by atoms with E-state index in [0.717, 1.165) is 11.1 Å². The van der Waals surface area contributed by atoms with Gasteiger partial charge in [0.1, 0.15) is 0 Å². The lowest BCUT2D eigenvalue weighted by Crippen LogP contribution is -2.05. The highest BCUT2D eigenvalue weighted by molar-refractivity contribution is 8.00. The molecule has 0 fully saturated rings. The predicted octanol–water partition coefficient (Wildman–Crippen LogP) is 3.95. The smallest absolute Gasteiger partial charge is 0.0410 e. The molecule has 1 aromatic heterocycles. The van der Waals surface area contributed by atoms with Crippen molar-refractivity contribution in [3.63, 3.8) is 0 Å². The number of hydrogen-bond acceptors (Lipinski definition) is 3. The van der Waals surface area contributed by atoms with E-state index in [2.05, 4.69) is 31.8 Å². The second-order valence-corrected chi connectivity index (χ2v) is 6.06. The standard InChI is InChI=1S/C14H18N2S/c1-9(2)10(3)17-14-5-4-13(15)12-8-16-7-6-11(12)14/h4-10H,15H2,1-3H3. The van der Waals surface area contributed by atoms with Gasteiger partial charge in [0.2, 0.25) is 0 Å². The first-order chi connectivity index (χ1) is 8.09. The van der Waals surface area contributed by atoms with Crippen LogP contribution in [-0.4, -0.2) is 10.2 Å². The Labute approximate surface area is 107 Å². The molecule has 17 heavy (non-hydrogen) atoms. The summed E-state index contributed by atoms with van der Waals surface area (Å²) in [5.41, 5.74) is 6.77. The van der Waals surface area contributed by atoms with Crippen LogP contribution in [0, 0.1) is 5.92 Å². The van der Waals surface area contributed by atoms with Crippen LogP contribution in [0.5, 0.6) is 0 Å². The Balaban J connectivity index is 2.45. The Morgan fingerprint density at radius 3 is 2.59 bits per heavy atom. The highest BCUT2D eigenvalue weighted by Crippen LogP contribution is 2.35. The van der Waals surface area contributed by atoms with Crippen molar-refractivity contribution in [1.29, 1.82) is 0 Å². The Morgan fingerprint density at radius 2 is 1.88 bits per heavy atom. The quantitative estimate of drug-likeness (QED) is 0.658. The molecule has 2 aromatic rings. The molecule has 0 saturated carbocycles. The van der Waals surface area contributed by atoms with Crippen molar-refractivity contribution in [2.45, 2.75) is 30.9 Å². The van der Waals surface area contributed by atoms with Gasteiger partial charge in [0.15, 0.2) is 0 Å². The van der Waals surface area contributed by atoms with Gasteiger partial charge in [-0.25, -0.2) is 0 Å². The van der Waals surface area contributed by atoms with Crippen LogP contribution in [0.4, 0.5) is 5.69 Å². The number of thioether (sulfide) groups is 1. The minimum Gasteiger partial charge on any atom is -0.398 e. The van der Waals surface area contributed by atoms with E-state index >= 15 is 0 Å². The van der Waals surface area contributed by atoms with Crippen LogP contribution in [0.2, 0.25) is 0 Å². The van der Waals surface area contributed by atoms with E-state index in [9.17, 15) is 0 Å². The van der Waals surface area contributed by atoms with Gasteiger partial charge in [-0.3, -0.25) is 4.98 Å². The summed E-state index contributed by atoms with van der Waals surface area (Å²) in [5.74, 6) is 0.662. The van der Waals surface area contributed by atoms with E-state index in [1.54, 1.807) is 0 Å². The first-order valence-corrected chi connectivity index (χ1v) is 6.76. The molecule has 2 nitrogen and oxygen atoms in total. The van der Waals surface area contributed by atoms with Gasteiger partial charge in [-0.15, -0.1) is 11.8 Å². The molecule has 90 valence electrons. The summed E-state index contributed by atoms with van der Waals surface area (Å²) < 4.78 is 0. The number of aromatic nitrogens is 1. The van der Waals surface area contributed by atoms with Crippen molar-refractivity contribution in [1.82, 2.24) is 4.98 Å². The van der Waals surface area contributed by atoms with Gasteiger partial charge in [-0.05, 0) is 24.1 Å². The minimum absolute atomic E-state index is 0.593. The van der Waals surface area contributed by atoms with Crippen LogP contribution < -0.4 is 5.73 Å². The number of benzene rings is 1. The van der Waals surface area contributed by atoms with Gasteiger partial charge >= 0.3 is 0 Å². The summed E-state index contributed by atoms with van der Waals surface area (Å²) in [7, 11) is 0. The molecule has 0 radical (unpaired) electrons. The summed E-state index contributed by atoms with van der Waals surface area (Å²) in [5, 5.41) is 2.85. The third-order valence-corrected chi connectivity index (χ3v) is 4.59. The summed E-state index contributed by atoms with van der Waals surface area (Å²) in [6.45, 7) is 6.76. The largest absolute Gasteiger partial charge is 0.398 e. The molecule has 2 N–H and O–H groups in total. The molecule has 0 saturated heterocycles. The van der Waals surface area contributed by atoms with Crippen LogP contribution in [0.3, 0.4) is 0 Å². The molecule has 3 heteroatoms.